The highest BCUT2D eigenvalue weighted by atomic mass is 19.1. The van der Waals surface area contributed by atoms with Gasteiger partial charge < -0.3 is 5.32 Å². The van der Waals surface area contributed by atoms with Crippen LogP contribution in [0.15, 0.2) is 12.1 Å². The van der Waals surface area contributed by atoms with Gasteiger partial charge in [0.25, 0.3) is 0 Å². The van der Waals surface area contributed by atoms with E-state index in [-0.39, 0.29) is 11.7 Å². The van der Waals surface area contributed by atoms with Crippen molar-refractivity contribution in [3.8, 4) is 11.8 Å². The maximum Gasteiger partial charge on any atom is 0.217 e. The maximum absolute atomic E-state index is 13.3. The molecule has 0 heterocycles. The summed E-state index contributed by atoms with van der Waals surface area (Å²) in [4.78, 5) is 10.6. The lowest BCUT2D eigenvalue weighted by Crippen LogP contribution is -2.19. The van der Waals surface area contributed by atoms with Gasteiger partial charge in [0.2, 0.25) is 5.91 Å². The van der Waals surface area contributed by atoms with Gasteiger partial charge >= 0.3 is 0 Å². The Bertz CT molecular complexity index is 446. The van der Waals surface area contributed by atoms with Crippen LogP contribution in [0.4, 0.5) is 4.39 Å². The molecule has 16 heavy (non-hydrogen) atoms. The molecule has 0 radical (unpaired) electrons. The average Bonchev–Trinajstić information content (AvgIpc) is 2.20. The Morgan fingerprint density at radius 1 is 1.38 bits per heavy atom. The number of amides is 1. The van der Waals surface area contributed by atoms with Crippen molar-refractivity contribution in [3.63, 3.8) is 0 Å². The number of nitrogens with one attached hydrogen (secondary N) is 1. The van der Waals surface area contributed by atoms with Crippen molar-refractivity contribution in [3.05, 3.63) is 34.6 Å². The Labute approximate surface area is 94.9 Å². The molecule has 0 aromatic heterocycles. The summed E-state index contributed by atoms with van der Waals surface area (Å²) in [7, 11) is 0. The third-order valence-corrected chi connectivity index (χ3v) is 2.09. The Kier molecular flexibility index (Phi) is 4.07. The number of hydrogen-bond donors (Lipinski definition) is 1. The van der Waals surface area contributed by atoms with Crippen molar-refractivity contribution in [2.45, 2.75) is 20.8 Å². The summed E-state index contributed by atoms with van der Waals surface area (Å²) in [6, 6.07) is 3.40. The van der Waals surface area contributed by atoms with Gasteiger partial charge in [-0.2, -0.15) is 0 Å². The van der Waals surface area contributed by atoms with Crippen LogP contribution < -0.4 is 5.32 Å². The van der Waals surface area contributed by atoms with E-state index in [0.717, 1.165) is 5.56 Å². The van der Waals surface area contributed by atoms with Crippen LogP contribution in [-0.4, -0.2) is 12.5 Å². The second-order valence-corrected chi connectivity index (χ2v) is 3.64. The zero-order valence-corrected chi connectivity index (χ0v) is 9.65. The van der Waals surface area contributed by atoms with Crippen molar-refractivity contribution >= 4 is 5.91 Å². The molecule has 1 aromatic rings. The summed E-state index contributed by atoms with van der Waals surface area (Å²) >= 11 is 0. The second kappa shape index (κ2) is 5.32. The predicted molar refractivity (Wildman–Crippen MR) is 61.4 cm³/mol. The van der Waals surface area contributed by atoms with Crippen LogP contribution in [0, 0.1) is 31.5 Å². The van der Waals surface area contributed by atoms with Crippen molar-refractivity contribution < 1.29 is 9.18 Å². The molecule has 0 spiro atoms. The third-order valence-electron chi connectivity index (χ3n) is 2.09. The SMILES string of the molecule is CC(=O)NCC#Cc1cc(C)c(F)c(C)c1. The van der Waals surface area contributed by atoms with Crippen molar-refractivity contribution in [1.82, 2.24) is 5.32 Å². The first-order chi connectivity index (χ1) is 7.50. The second-order valence-electron chi connectivity index (χ2n) is 3.64. The Morgan fingerprint density at radius 3 is 2.44 bits per heavy atom. The Morgan fingerprint density at radius 2 is 1.94 bits per heavy atom. The van der Waals surface area contributed by atoms with E-state index < -0.39 is 0 Å². The molecule has 0 saturated heterocycles. The van der Waals surface area contributed by atoms with Gasteiger partial charge in [-0.3, -0.25) is 4.79 Å². The molecule has 0 unspecified atom stereocenters. The summed E-state index contributed by atoms with van der Waals surface area (Å²) < 4.78 is 13.3. The fourth-order valence-electron chi connectivity index (χ4n) is 1.33. The van der Waals surface area contributed by atoms with Gasteiger partial charge in [0.05, 0.1) is 6.54 Å². The first kappa shape index (κ1) is 12.3. The first-order valence-electron chi connectivity index (χ1n) is 5.00. The van der Waals surface area contributed by atoms with Gasteiger partial charge in [-0.25, -0.2) is 4.39 Å². The van der Waals surface area contributed by atoms with E-state index in [0.29, 0.717) is 17.7 Å². The fourth-order valence-corrected chi connectivity index (χ4v) is 1.33. The molecule has 3 heteroatoms. The molecule has 0 atom stereocenters. The minimum absolute atomic E-state index is 0.110. The van der Waals surface area contributed by atoms with Gasteiger partial charge in [-0.05, 0) is 37.1 Å². The molecule has 0 aliphatic carbocycles. The number of halogens is 1. The predicted octanol–water partition coefficient (Wildman–Crippen LogP) is 1.93. The van der Waals surface area contributed by atoms with E-state index in [1.54, 1.807) is 26.0 Å². The highest BCUT2D eigenvalue weighted by molar-refractivity contribution is 5.73. The van der Waals surface area contributed by atoms with Crippen LogP contribution in [0.2, 0.25) is 0 Å². The van der Waals surface area contributed by atoms with E-state index in [1.807, 2.05) is 0 Å². The van der Waals surface area contributed by atoms with Gasteiger partial charge in [-0.15, -0.1) is 0 Å². The minimum atomic E-state index is -0.188. The summed E-state index contributed by atoms with van der Waals surface area (Å²) in [5.41, 5.74) is 1.94. The van der Waals surface area contributed by atoms with Gasteiger partial charge in [0, 0.05) is 12.5 Å². The normalized spacial score (nSPS) is 9.25. The van der Waals surface area contributed by atoms with Gasteiger partial charge in [0.15, 0.2) is 0 Å². The van der Waals surface area contributed by atoms with E-state index >= 15 is 0 Å². The highest BCUT2D eigenvalue weighted by Gasteiger charge is 2.02. The molecule has 2 nitrogen and oxygen atoms in total. The monoisotopic (exact) mass is 219 g/mol. The molecule has 0 aliphatic heterocycles. The van der Waals surface area contributed by atoms with Crippen LogP contribution >= 0.6 is 0 Å². The third kappa shape index (κ3) is 3.39. The van der Waals surface area contributed by atoms with E-state index in [2.05, 4.69) is 17.2 Å². The molecule has 0 saturated carbocycles. The summed E-state index contributed by atoms with van der Waals surface area (Å²) in [5, 5.41) is 2.57. The Balaban J connectivity index is 2.78. The molecule has 0 fully saturated rings. The van der Waals surface area contributed by atoms with Gasteiger partial charge in [0.1, 0.15) is 5.82 Å². The van der Waals surface area contributed by atoms with E-state index in [4.69, 9.17) is 0 Å². The van der Waals surface area contributed by atoms with Crippen molar-refractivity contribution in [2.75, 3.05) is 6.54 Å². The standard InChI is InChI=1S/C13H14FNO/c1-9-7-12(8-10(2)13(9)14)5-4-6-15-11(3)16/h7-8H,6H2,1-3H3,(H,15,16). The van der Waals surface area contributed by atoms with Crippen molar-refractivity contribution in [1.29, 1.82) is 0 Å². The fraction of sp³-hybridized carbons (Fsp3) is 0.308. The molecular weight excluding hydrogens is 205 g/mol. The topological polar surface area (TPSA) is 29.1 Å². The largest absolute Gasteiger partial charge is 0.345 e. The zero-order chi connectivity index (χ0) is 12.1. The van der Waals surface area contributed by atoms with Crippen molar-refractivity contribution in [2.24, 2.45) is 0 Å². The molecule has 1 N–H and O–H groups in total. The Hall–Kier alpha value is -1.82. The van der Waals surface area contributed by atoms with E-state index in [9.17, 15) is 9.18 Å². The number of carbonyl (C=O) groups excluding carboxylic acids is 1. The molecule has 0 aliphatic rings. The molecule has 1 aromatic carbocycles. The van der Waals surface area contributed by atoms with Crippen LogP contribution in [-0.2, 0) is 4.79 Å². The van der Waals surface area contributed by atoms with Gasteiger partial charge in [-0.1, -0.05) is 11.8 Å². The van der Waals surface area contributed by atoms with E-state index in [1.165, 1.54) is 6.92 Å². The zero-order valence-electron chi connectivity index (χ0n) is 9.65. The molecule has 1 rings (SSSR count). The lowest BCUT2D eigenvalue weighted by molar-refractivity contribution is -0.118. The smallest absolute Gasteiger partial charge is 0.217 e. The number of aryl methyl sites for hydroxylation is 2. The summed E-state index contributed by atoms with van der Waals surface area (Å²) in [5.74, 6) is 5.38. The maximum atomic E-state index is 13.3. The number of rotatable bonds is 1. The highest BCUT2D eigenvalue weighted by Crippen LogP contribution is 2.13. The molecule has 1 amide bonds. The molecular formula is C13H14FNO. The number of carbonyl (C=O) groups is 1. The van der Waals surface area contributed by atoms with Crippen LogP contribution in [0.1, 0.15) is 23.6 Å². The lowest BCUT2D eigenvalue weighted by atomic mass is 10.1. The molecule has 84 valence electrons. The van der Waals surface area contributed by atoms with Crippen LogP contribution in [0.5, 0.6) is 0 Å². The molecule has 0 bridgehead atoms. The van der Waals surface area contributed by atoms with Crippen LogP contribution in [0.3, 0.4) is 0 Å². The summed E-state index contributed by atoms with van der Waals surface area (Å²) in [6.45, 7) is 5.17. The quantitative estimate of drug-likeness (QED) is 0.718. The average molecular weight is 219 g/mol. The number of benzene rings is 1. The minimum Gasteiger partial charge on any atom is -0.345 e. The first-order valence-corrected chi connectivity index (χ1v) is 5.00. The number of hydrogen-bond acceptors (Lipinski definition) is 1. The summed E-state index contributed by atoms with van der Waals surface area (Å²) in [6.07, 6.45) is 0. The van der Waals surface area contributed by atoms with Crippen LogP contribution in [0.25, 0.3) is 0 Å². The lowest BCUT2D eigenvalue weighted by Gasteiger charge is -2.01.